The quantitative estimate of drug-likeness (QED) is 0.409. The Bertz CT molecular complexity index is 1270. The second-order valence-electron chi connectivity index (χ2n) is 7.92. The van der Waals surface area contributed by atoms with Gasteiger partial charge in [0.05, 0.1) is 29.1 Å². The maximum Gasteiger partial charge on any atom is 0.338 e. The molecule has 0 radical (unpaired) electrons. The van der Waals surface area contributed by atoms with Crippen LogP contribution in [0.5, 0.6) is 0 Å². The van der Waals surface area contributed by atoms with Crippen LogP contribution in [0.1, 0.15) is 34.1 Å². The molecule has 1 atom stereocenters. The molecular formula is C26H20N2O8. The number of benzene rings is 2. The lowest BCUT2D eigenvalue weighted by Crippen LogP contribution is -2.29. The molecule has 0 fully saturated rings. The van der Waals surface area contributed by atoms with Crippen molar-refractivity contribution in [3.05, 3.63) is 84.0 Å². The van der Waals surface area contributed by atoms with Gasteiger partial charge in [-0.1, -0.05) is 0 Å². The van der Waals surface area contributed by atoms with Crippen molar-refractivity contribution in [3.63, 3.8) is 0 Å². The van der Waals surface area contributed by atoms with E-state index in [9.17, 15) is 28.8 Å². The minimum atomic E-state index is -0.603. The third-order valence-electron chi connectivity index (χ3n) is 5.41. The third-order valence-corrected chi connectivity index (χ3v) is 5.41. The zero-order valence-corrected chi connectivity index (χ0v) is 19.1. The molecule has 36 heavy (non-hydrogen) atoms. The fourth-order valence-corrected chi connectivity index (χ4v) is 3.51. The van der Waals surface area contributed by atoms with E-state index < -0.39 is 41.7 Å². The number of nitrogens with zero attached hydrogens (tertiary/aromatic N) is 2. The largest absolute Gasteiger partial charge is 0.462 e. The van der Waals surface area contributed by atoms with Crippen LogP contribution in [0.3, 0.4) is 0 Å². The smallest absolute Gasteiger partial charge is 0.338 e. The Kier molecular flexibility index (Phi) is 6.86. The standard InChI is InChI=1S/C26H20N2O8/c1-16(36-26(34)18-4-8-20(9-5-18)28-23(31)12-13-24(28)32)14-15-35-25(33)17-2-6-19(7-3-17)27-21(29)10-11-22(27)30/h2-13,16H,14-15H2,1H3. The van der Waals surface area contributed by atoms with Gasteiger partial charge in [-0.2, -0.15) is 0 Å². The Morgan fingerprint density at radius 1 is 0.667 bits per heavy atom. The molecule has 4 amide bonds. The lowest BCUT2D eigenvalue weighted by atomic mass is 10.2. The average molecular weight is 488 g/mol. The van der Waals surface area contributed by atoms with Crippen LogP contribution in [0.2, 0.25) is 0 Å². The fourth-order valence-electron chi connectivity index (χ4n) is 3.51. The number of esters is 2. The first-order valence-electron chi connectivity index (χ1n) is 10.9. The normalized spacial score (nSPS) is 15.6. The highest BCUT2D eigenvalue weighted by atomic mass is 16.6. The highest BCUT2D eigenvalue weighted by molar-refractivity contribution is 6.28. The van der Waals surface area contributed by atoms with Gasteiger partial charge in [-0.15, -0.1) is 0 Å². The monoisotopic (exact) mass is 488 g/mol. The molecule has 0 aromatic heterocycles. The molecule has 10 nitrogen and oxygen atoms in total. The van der Waals surface area contributed by atoms with E-state index in [0.717, 1.165) is 9.80 Å². The van der Waals surface area contributed by atoms with Gasteiger partial charge in [-0.05, 0) is 55.5 Å². The van der Waals surface area contributed by atoms with Crippen molar-refractivity contribution in [2.45, 2.75) is 19.4 Å². The summed E-state index contributed by atoms with van der Waals surface area (Å²) in [7, 11) is 0. The lowest BCUT2D eigenvalue weighted by Gasteiger charge is -2.16. The molecule has 0 saturated heterocycles. The molecule has 0 bridgehead atoms. The predicted molar refractivity (Wildman–Crippen MR) is 126 cm³/mol. The van der Waals surface area contributed by atoms with Crippen LogP contribution in [-0.4, -0.2) is 48.3 Å². The van der Waals surface area contributed by atoms with E-state index >= 15 is 0 Å². The number of hydrogen-bond acceptors (Lipinski definition) is 8. The van der Waals surface area contributed by atoms with Gasteiger partial charge in [-0.25, -0.2) is 19.4 Å². The van der Waals surface area contributed by atoms with Gasteiger partial charge >= 0.3 is 11.9 Å². The minimum absolute atomic E-state index is 0.00678. The Morgan fingerprint density at radius 2 is 1.06 bits per heavy atom. The SMILES string of the molecule is CC(CCOC(=O)c1ccc(N2C(=O)C=CC2=O)cc1)OC(=O)c1ccc(N2C(=O)C=CC2=O)cc1. The third kappa shape index (κ3) is 5.12. The molecule has 0 aliphatic carbocycles. The summed E-state index contributed by atoms with van der Waals surface area (Å²) in [6.45, 7) is 1.65. The van der Waals surface area contributed by atoms with Crippen molar-refractivity contribution in [2.75, 3.05) is 16.4 Å². The molecule has 2 aliphatic heterocycles. The van der Waals surface area contributed by atoms with Crippen molar-refractivity contribution in [1.82, 2.24) is 0 Å². The first-order chi connectivity index (χ1) is 17.2. The van der Waals surface area contributed by atoms with Crippen molar-refractivity contribution < 1.29 is 38.2 Å². The molecule has 0 N–H and O–H groups in total. The van der Waals surface area contributed by atoms with E-state index in [1.54, 1.807) is 6.92 Å². The number of imide groups is 2. The maximum atomic E-state index is 12.4. The maximum absolute atomic E-state index is 12.4. The van der Waals surface area contributed by atoms with Crippen molar-refractivity contribution in [3.8, 4) is 0 Å². The summed E-state index contributed by atoms with van der Waals surface area (Å²) in [5.74, 6) is -3.03. The molecule has 2 aliphatic rings. The van der Waals surface area contributed by atoms with E-state index in [1.807, 2.05) is 0 Å². The van der Waals surface area contributed by atoms with Crippen LogP contribution in [0.4, 0.5) is 11.4 Å². The number of amides is 4. The Hall–Kier alpha value is -4.86. The highest BCUT2D eigenvalue weighted by Crippen LogP contribution is 2.21. The summed E-state index contributed by atoms with van der Waals surface area (Å²) in [4.78, 5) is 73.6. The molecule has 182 valence electrons. The van der Waals surface area contributed by atoms with E-state index in [4.69, 9.17) is 9.47 Å². The highest BCUT2D eigenvalue weighted by Gasteiger charge is 2.26. The molecule has 0 spiro atoms. The number of carbonyl (C=O) groups excluding carboxylic acids is 6. The van der Waals surface area contributed by atoms with Gasteiger partial charge in [0.2, 0.25) is 0 Å². The molecule has 2 aromatic carbocycles. The zero-order valence-electron chi connectivity index (χ0n) is 19.1. The zero-order chi connectivity index (χ0) is 25.8. The van der Waals surface area contributed by atoms with E-state index in [2.05, 4.69) is 0 Å². The number of rotatable bonds is 8. The summed E-state index contributed by atoms with van der Waals surface area (Å²) in [6, 6.07) is 11.7. The number of hydrogen-bond donors (Lipinski definition) is 0. The molecule has 1 unspecified atom stereocenters. The second kappa shape index (κ2) is 10.2. The van der Waals surface area contributed by atoms with E-state index in [1.165, 1.54) is 72.8 Å². The van der Waals surface area contributed by atoms with Crippen LogP contribution < -0.4 is 9.80 Å². The summed E-state index contributed by atoms with van der Waals surface area (Å²) >= 11 is 0. The van der Waals surface area contributed by atoms with Crippen LogP contribution in [0, 0.1) is 0 Å². The molecule has 10 heteroatoms. The Morgan fingerprint density at radius 3 is 1.47 bits per heavy atom. The number of ether oxygens (including phenoxy) is 2. The van der Waals surface area contributed by atoms with Crippen molar-refractivity contribution in [2.24, 2.45) is 0 Å². The van der Waals surface area contributed by atoms with Gasteiger partial charge in [0.1, 0.15) is 6.10 Å². The molecular weight excluding hydrogens is 468 g/mol. The molecule has 2 heterocycles. The van der Waals surface area contributed by atoms with Gasteiger partial charge in [0.25, 0.3) is 23.6 Å². The molecule has 0 saturated carbocycles. The van der Waals surface area contributed by atoms with Crippen LogP contribution in [-0.2, 0) is 28.7 Å². The van der Waals surface area contributed by atoms with Crippen molar-refractivity contribution >= 4 is 46.9 Å². The first-order valence-corrected chi connectivity index (χ1v) is 10.9. The van der Waals surface area contributed by atoms with Crippen LogP contribution >= 0.6 is 0 Å². The van der Waals surface area contributed by atoms with Gasteiger partial charge in [-0.3, -0.25) is 19.2 Å². The Labute approximate surface area is 205 Å². The number of anilines is 2. The predicted octanol–water partition coefficient (Wildman–Crippen LogP) is 2.34. The topological polar surface area (TPSA) is 127 Å². The molecule has 4 rings (SSSR count). The summed E-state index contributed by atoms with van der Waals surface area (Å²) < 4.78 is 10.6. The van der Waals surface area contributed by atoms with Crippen LogP contribution in [0.15, 0.2) is 72.8 Å². The van der Waals surface area contributed by atoms with Gasteiger partial charge in [0, 0.05) is 30.7 Å². The second-order valence-corrected chi connectivity index (χ2v) is 7.92. The summed E-state index contributed by atoms with van der Waals surface area (Å²) in [5.41, 5.74) is 1.16. The Balaban J connectivity index is 1.23. The van der Waals surface area contributed by atoms with Crippen molar-refractivity contribution in [1.29, 1.82) is 0 Å². The first kappa shape index (κ1) is 24.3. The van der Waals surface area contributed by atoms with E-state index in [-0.39, 0.29) is 24.2 Å². The average Bonchev–Trinajstić information content (AvgIpc) is 3.38. The van der Waals surface area contributed by atoms with Gasteiger partial charge < -0.3 is 9.47 Å². The van der Waals surface area contributed by atoms with Gasteiger partial charge in [0.15, 0.2) is 0 Å². The van der Waals surface area contributed by atoms with Crippen LogP contribution in [0.25, 0.3) is 0 Å². The lowest BCUT2D eigenvalue weighted by molar-refractivity contribution is -0.121. The minimum Gasteiger partial charge on any atom is -0.462 e. The summed E-state index contributed by atoms with van der Waals surface area (Å²) in [6.07, 6.45) is 4.38. The number of carbonyl (C=O) groups is 6. The summed E-state index contributed by atoms with van der Waals surface area (Å²) in [5, 5.41) is 0. The van der Waals surface area contributed by atoms with E-state index in [0.29, 0.717) is 11.4 Å². The molecule has 2 aromatic rings. The fraction of sp³-hybridized carbons (Fsp3) is 0.154.